The molecule has 0 amide bonds. The van der Waals surface area contributed by atoms with E-state index in [0.29, 0.717) is 18.8 Å². The Morgan fingerprint density at radius 2 is 2.00 bits per heavy atom. The van der Waals surface area contributed by atoms with Gasteiger partial charge in [0.25, 0.3) is 0 Å². The average molecular weight is 477 g/mol. The number of hydrogen-bond acceptors (Lipinski definition) is 6. The zero-order chi connectivity index (χ0) is 24.5. The van der Waals surface area contributed by atoms with E-state index < -0.39 is 0 Å². The fourth-order valence-electron chi connectivity index (χ4n) is 5.15. The molecule has 3 heterocycles. The summed E-state index contributed by atoms with van der Waals surface area (Å²) in [4.78, 5) is 21.1. The van der Waals surface area contributed by atoms with Gasteiger partial charge in [-0.1, -0.05) is 51.9 Å². The summed E-state index contributed by atoms with van der Waals surface area (Å²) in [7, 11) is 0. The van der Waals surface area contributed by atoms with Crippen molar-refractivity contribution in [2.45, 2.75) is 96.7 Å². The van der Waals surface area contributed by atoms with Crippen LogP contribution in [-0.2, 0) is 16.3 Å². The molecule has 1 aliphatic rings. The first-order chi connectivity index (χ1) is 17.2. The zero-order valence-corrected chi connectivity index (χ0v) is 20.7. The normalized spacial score (nSPS) is 14.9. The molecular formula is C27H36N6O2. The smallest absolute Gasteiger partial charge is 0.307 e. The molecule has 186 valence electrons. The average Bonchev–Trinajstić information content (AvgIpc) is 3.64. The number of carbonyl (C=O) groups is 1. The van der Waals surface area contributed by atoms with Gasteiger partial charge in [-0.25, -0.2) is 9.97 Å². The van der Waals surface area contributed by atoms with Crippen LogP contribution >= 0.6 is 0 Å². The number of fused-ring (bicyclic) bond motifs is 1. The molecule has 0 radical (unpaired) electrons. The third kappa shape index (κ3) is 6.27. The second kappa shape index (κ2) is 12.5. The summed E-state index contributed by atoms with van der Waals surface area (Å²) < 4.78 is 9.29. The van der Waals surface area contributed by atoms with Gasteiger partial charge in [0.2, 0.25) is 0 Å². The minimum absolute atomic E-state index is 0.101. The summed E-state index contributed by atoms with van der Waals surface area (Å²) in [6.07, 6.45) is 19.8. The van der Waals surface area contributed by atoms with Crippen LogP contribution < -0.4 is 0 Å². The molecule has 3 aromatic heterocycles. The van der Waals surface area contributed by atoms with Crippen molar-refractivity contribution >= 4 is 17.0 Å². The maximum atomic E-state index is 12.2. The topological polar surface area (TPSA) is 98.6 Å². The highest BCUT2D eigenvalue weighted by molar-refractivity contribution is 5.90. The molecule has 0 spiro atoms. The molecule has 8 heteroatoms. The molecule has 1 atom stereocenters. The van der Waals surface area contributed by atoms with E-state index in [4.69, 9.17) is 4.74 Å². The summed E-state index contributed by atoms with van der Waals surface area (Å²) in [5, 5.41) is 14.9. The molecule has 0 saturated heterocycles. The molecule has 35 heavy (non-hydrogen) atoms. The van der Waals surface area contributed by atoms with Gasteiger partial charge in [0.1, 0.15) is 12.0 Å². The largest absolute Gasteiger partial charge is 0.444 e. The van der Waals surface area contributed by atoms with Gasteiger partial charge < -0.3 is 4.74 Å². The van der Waals surface area contributed by atoms with E-state index >= 15 is 0 Å². The molecule has 0 N–H and O–H groups in total. The predicted octanol–water partition coefficient (Wildman–Crippen LogP) is 6.19. The van der Waals surface area contributed by atoms with Crippen LogP contribution in [0.15, 0.2) is 31.0 Å². The van der Waals surface area contributed by atoms with Crippen LogP contribution in [-0.4, -0.2) is 30.3 Å². The Balaban J connectivity index is 1.40. The molecule has 0 bridgehead atoms. The summed E-state index contributed by atoms with van der Waals surface area (Å²) in [6, 6.07) is 4.39. The van der Waals surface area contributed by atoms with Crippen LogP contribution in [0.5, 0.6) is 0 Å². The van der Waals surface area contributed by atoms with Crippen molar-refractivity contribution in [2.24, 2.45) is 5.92 Å². The molecular weight excluding hydrogens is 440 g/mol. The number of aromatic nitrogens is 5. The third-order valence-corrected chi connectivity index (χ3v) is 7.11. The first-order valence-electron chi connectivity index (χ1n) is 13.1. The van der Waals surface area contributed by atoms with Crippen LogP contribution in [0.25, 0.3) is 22.3 Å². The van der Waals surface area contributed by atoms with Gasteiger partial charge in [0, 0.05) is 29.8 Å². The fraction of sp³-hybridized carbons (Fsp3) is 0.593. The molecule has 0 unspecified atom stereocenters. The summed E-state index contributed by atoms with van der Waals surface area (Å²) >= 11 is 0. The minimum atomic E-state index is -0.173. The fourth-order valence-corrected chi connectivity index (χ4v) is 5.15. The monoisotopic (exact) mass is 476 g/mol. The Kier molecular flexibility index (Phi) is 8.88. The second-order valence-corrected chi connectivity index (χ2v) is 9.59. The van der Waals surface area contributed by atoms with E-state index in [-0.39, 0.29) is 18.7 Å². The lowest BCUT2D eigenvalue weighted by Crippen LogP contribution is -2.17. The van der Waals surface area contributed by atoms with Gasteiger partial charge in [-0.2, -0.15) is 10.4 Å². The standard InChI is InChI=1S/C27H36N6O2/c1-2-3-4-5-6-7-12-25(34)35-20-32-16-14-23-26(29-19-30-27(23)32)22-17-31-33(18-22)24(13-15-28)21-10-8-9-11-21/h14,16-19,21,24H,2-13,20H2,1H3/t24-/m1/s1. The summed E-state index contributed by atoms with van der Waals surface area (Å²) in [5.74, 6) is 0.327. The maximum Gasteiger partial charge on any atom is 0.307 e. The SMILES string of the molecule is CCCCCCCCC(=O)OCn1ccc2c(-c3cnn([C@H](CC#N)C4CCCC4)c3)ncnc21. The Labute approximate surface area is 207 Å². The number of carbonyl (C=O) groups excluding carboxylic acids is 1. The number of hydrogen-bond donors (Lipinski definition) is 0. The minimum Gasteiger partial charge on any atom is -0.444 e. The number of ether oxygens (including phenoxy) is 1. The summed E-state index contributed by atoms with van der Waals surface area (Å²) in [5.41, 5.74) is 2.41. The highest BCUT2D eigenvalue weighted by Crippen LogP contribution is 2.36. The quantitative estimate of drug-likeness (QED) is 0.215. The highest BCUT2D eigenvalue weighted by atomic mass is 16.5. The summed E-state index contributed by atoms with van der Waals surface area (Å²) in [6.45, 7) is 2.34. The van der Waals surface area contributed by atoms with Crippen molar-refractivity contribution in [3.05, 3.63) is 31.0 Å². The lowest BCUT2D eigenvalue weighted by atomic mass is 9.96. The molecule has 0 aromatic carbocycles. The molecule has 3 aromatic rings. The molecule has 1 saturated carbocycles. The zero-order valence-electron chi connectivity index (χ0n) is 20.7. The Morgan fingerprint density at radius 3 is 2.80 bits per heavy atom. The number of esters is 1. The molecule has 1 aliphatic carbocycles. The highest BCUT2D eigenvalue weighted by Gasteiger charge is 2.27. The van der Waals surface area contributed by atoms with Crippen molar-refractivity contribution in [2.75, 3.05) is 0 Å². The van der Waals surface area contributed by atoms with E-state index in [9.17, 15) is 10.1 Å². The first kappa shape index (κ1) is 24.9. The van der Waals surface area contributed by atoms with E-state index in [0.717, 1.165) is 48.0 Å². The number of rotatable bonds is 13. The van der Waals surface area contributed by atoms with Crippen LogP contribution in [0.3, 0.4) is 0 Å². The van der Waals surface area contributed by atoms with Crippen LogP contribution in [0.1, 0.15) is 90.0 Å². The van der Waals surface area contributed by atoms with E-state index in [1.807, 2.05) is 33.9 Å². The van der Waals surface area contributed by atoms with E-state index in [1.165, 1.54) is 44.9 Å². The number of nitriles is 1. The Morgan fingerprint density at radius 1 is 1.20 bits per heavy atom. The number of nitrogens with zero attached hydrogens (tertiary/aromatic N) is 6. The van der Waals surface area contributed by atoms with Crippen molar-refractivity contribution in [1.29, 1.82) is 5.26 Å². The van der Waals surface area contributed by atoms with Crippen LogP contribution in [0, 0.1) is 17.2 Å². The second-order valence-electron chi connectivity index (χ2n) is 9.59. The van der Waals surface area contributed by atoms with Gasteiger partial charge in [-0.3, -0.25) is 14.0 Å². The number of unbranched alkanes of at least 4 members (excludes halogenated alkanes) is 5. The Bertz CT molecular complexity index is 1140. The van der Waals surface area contributed by atoms with Gasteiger partial charge in [0.05, 0.1) is 30.4 Å². The first-order valence-corrected chi connectivity index (χ1v) is 13.1. The van der Waals surface area contributed by atoms with Crippen molar-refractivity contribution in [1.82, 2.24) is 24.3 Å². The van der Waals surface area contributed by atoms with Crippen molar-refractivity contribution in [3.63, 3.8) is 0 Å². The Hall–Kier alpha value is -3.21. The lowest BCUT2D eigenvalue weighted by Gasteiger charge is -2.21. The molecule has 4 rings (SSSR count). The van der Waals surface area contributed by atoms with Crippen LogP contribution in [0.2, 0.25) is 0 Å². The van der Waals surface area contributed by atoms with Gasteiger partial charge in [-0.05, 0) is 31.2 Å². The van der Waals surface area contributed by atoms with Gasteiger partial charge >= 0.3 is 5.97 Å². The maximum absolute atomic E-state index is 12.2. The lowest BCUT2D eigenvalue weighted by molar-refractivity contribution is -0.147. The molecule has 0 aliphatic heterocycles. The van der Waals surface area contributed by atoms with Gasteiger partial charge in [0.15, 0.2) is 6.73 Å². The van der Waals surface area contributed by atoms with Gasteiger partial charge in [-0.15, -0.1) is 0 Å². The van der Waals surface area contributed by atoms with Crippen molar-refractivity contribution < 1.29 is 9.53 Å². The third-order valence-electron chi connectivity index (χ3n) is 7.11. The van der Waals surface area contributed by atoms with E-state index in [1.54, 1.807) is 0 Å². The molecule has 8 nitrogen and oxygen atoms in total. The molecule has 1 fully saturated rings. The predicted molar refractivity (Wildman–Crippen MR) is 134 cm³/mol. The van der Waals surface area contributed by atoms with Crippen molar-refractivity contribution in [3.8, 4) is 17.3 Å². The van der Waals surface area contributed by atoms with Crippen LogP contribution in [0.4, 0.5) is 0 Å². The van der Waals surface area contributed by atoms with E-state index in [2.05, 4.69) is 28.1 Å².